The lowest BCUT2D eigenvalue weighted by atomic mass is 10.2. The molecule has 0 atom stereocenters. The number of hydrogen-bond donors (Lipinski definition) is 1. The largest absolute Gasteiger partial charge is 0.476 e. The van der Waals surface area contributed by atoms with Crippen molar-refractivity contribution in [3.05, 3.63) is 52.9 Å². The van der Waals surface area contributed by atoms with Gasteiger partial charge in [0.2, 0.25) is 0 Å². The first kappa shape index (κ1) is 13.2. The highest BCUT2D eigenvalue weighted by Gasteiger charge is 2.11. The summed E-state index contributed by atoms with van der Waals surface area (Å²) in [7, 11) is 0. The predicted molar refractivity (Wildman–Crippen MR) is 58.3 cm³/mol. The number of carboxylic acids is 1. The van der Waals surface area contributed by atoms with Gasteiger partial charge in [0.1, 0.15) is 6.61 Å². The number of aromatic carboxylic acids is 1. The Bertz CT molecular complexity index is 597. The van der Waals surface area contributed by atoms with Crippen LogP contribution in [0.15, 0.2) is 28.8 Å². The molecule has 0 amide bonds. The third kappa shape index (κ3) is 3.14. The molecule has 0 aliphatic rings. The molecular formula is C12H9F2NO4. The number of aromatic nitrogens is 1. The predicted octanol–water partition coefficient (Wildman–Crippen LogP) is 2.37. The van der Waals surface area contributed by atoms with Gasteiger partial charge in [-0.05, 0) is 6.07 Å². The maximum absolute atomic E-state index is 13.3. The van der Waals surface area contributed by atoms with Crippen LogP contribution < -0.4 is 0 Å². The number of nitrogens with zero attached hydrogens (tertiary/aromatic N) is 1. The molecule has 0 saturated carbocycles. The molecule has 1 heterocycles. The van der Waals surface area contributed by atoms with E-state index >= 15 is 0 Å². The minimum absolute atomic E-state index is 0.0676. The van der Waals surface area contributed by atoms with E-state index in [1.807, 2.05) is 0 Å². The maximum Gasteiger partial charge on any atom is 0.358 e. The van der Waals surface area contributed by atoms with E-state index in [0.717, 1.165) is 6.07 Å². The summed E-state index contributed by atoms with van der Waals surface area (Å²) in [6.07, 6.45) is 0. The molecule has 0 aliphatic carbocycles. The summed E-state index contributed by atoms with van der Waals surface area (Å²) >= 11 is 0. The number of rotatable bonds is 5. The Labute approximate surface area is 106 Å². The fraction of sp³-hybridized carbons (Fsp3) is 0.167. The maximum atomic E-state index is 13.3. The van der Waals surface area contributed by atoms with Gasteiger partial charge in [0.25, 0.3) is 0 Å². The number of carboxylic acid groups (broad SMARTS) is 1. The molecule has 5 nitrogen and oxygen atoms in total. The zero-order valence-electron chi connectivity index (χ0n) is 9.60. The molecule has 19 heavy (non-hydrogen) atoms. The Morgan fingerprint density at radius 2 is 2.16 bits per heavy atom. The molecule has 100 valence electrons. The summed E-state index contributed by atoms with van der Waals surface area (Å²) in [6, 6.07) is 4.97. The van der Waals surface area contributed by atoms with Crippen molar-refractivity contribution in [1.29, 1.82) is 0 Å². The van der Waals surface area contributed by atoms with Gasteiger partial charge in [-0.2, -0.15) is 0 Å². The summed E-state index contributed by atoms with van der Waals surface area (Å²) in [5.41, 5.74) is -0.173. The highest BCUT2D eigenvalue weighted by molar-refractivity contribution is 5.85. The second-order valence-corrected chi connectivity index (χ2v) is 3.69. The molecule has 0 bridgehead atoms. The molecule has 1 aromatic heterocycles. The van der Waals surface area contributed by atoms with Gasteiger partial charge in [-0.3, -0.25) is 0 Å². The van der Waals surface area contributed by atoms with Crippen LogP contribution in [0.3, 0.4) is 0 Å². The van der Waals surface area contributed by atoms with Crippen molar-refractivity contribution in [3.63, 3.8) is 0 Å². The van der Waals surface area contributed by atoms with Gasteiger partial charge in [-0.15, -0.1) is 0 Å². The van der Waals surface area contributed by atoms with Crippen molar-refractivity contribution in [2.75, 3.05) is 0 Å². The Balaban J connectivity index is 1.92. The molecule has 0 fully saturated rings. The molecular weight excluding hydrogens is 260 g/mol. The minimum atomic E-state index is -1.22. The Hall–Kier alpha value is -2.28. The lowest BCUT2D eigenvalue weighted by Gasteiger charge is -2.03. The smallest absolute Gasteiger partial charge is 0.358 e. The number of ether oxygens (including phenoxy) is 1. The second kappa shape index (κ2) is 5.57. The molecule has 0 unspecified atom stereocenters. The van der Waals surface area contributed by atoms with Crippen LogP contribution in [0.2, 0.25) is 0 Å². The van der Waals surface area contributed by atoms with Crippen LogP contribution >= 0.6 is 0 Å². The van der Waals surface area contributed by atoms with E-state index < -0.39 is 17.6 Å². The van der Waals surface area contributed by atoms with Gasteiger partial charge in [-0.1, -0.05) is 17.3 Å². The molecule has 1 aromatic carbocycles. The van der Waals surface area contributed by atoms with Gasteiger partial charge < -0.3 is 14.4 Å². The van der Waals surface area contributed by atoms with Crippen LogP contribution in [0.1, 0.15) is 21.8 Å². The Morgan fingerprint density at radius 3 is 2.84 bits per heavy atom. The van der Waals surface area contributed by atoms with Crippen molar-refractivity contribution >= 4 is 5.97 Å². The Kier molecular flexibility index (Phi) is 3.86. The minimum Gasteiger partial charge on any atom is -0.476 e. The highest BCUT2D eigenvalue weighted by Crippen LogP contribution is 2.13. The molecule has 7 heteroatoms. The monoisotopic (exact) mass is 269 g/mol. The molecule has 0 saturated heterocycles. The van der Waals surface area contributed by atoms with Gasteiger partial charge >= 0.3 is 5.97 Å². The van der Waals surface area contributed by atoms with Crippen LogP contribution in [-0.4, -0.2) is 16.2 Å². The Morgan fingerprint density at radius 1 is 1.37 bits per heavy atom. The SMILES string of the molecule is O=C(O)c1cc(COCc2cccc(F)c2F)on1. The zero-order valence-corrected chi connectivity index (χ0v) is 9.60. The molecule has 1 N–H and O–H groups in total. The zero-order chi connectivity index (χ0) is 13.8. The van der Waals surface area contributed by atoms with E-state index in [4.69, 9.17) is 14.4 Å². The van der Waals surface area contributed by atoms with E-state index in [9.17, 15) is 13.6 Å². The molecule has 2 rings (SSSR count). The van der Waals surface area contributed by atoms with Crippen LogP contribution in [-0.2, 0) is 18.0 Å². The van der Waals surface area contributed by atoms with Crippen molar-refractivity contribution in [2.45, 2.75) is 13.2 Å². The van der Waals surface area contributed by atoms with Gasteiger partial charge in [0.05, 0.1) is 6.61 Å². The van der Waals surface area contributed by atoms with Crippen molar-refractivity contribution in [1.82, 2.24) is 5.16 Å². The van der Waals surface area contributed by atoms with E-state index in [2.05, 4.69) is 5.16 Å². The summed E-state index contributed by atoms with van der Waals surface area (Å²) in [5.74, 6) is -2.94. The summed E-state index contributed by atoms with van der Waals surface area (Å²) in [5, 5.41) is 11.9. The highest BCUT2D eigenvalue weighted by atomic mass is 19.2. The molecule has 0 radical (unpaired) electrons. The van der Waals surface area contributed by atoms with Gasteiger partial charge in [-0.25, -0.2) is 13.6 Å². The van der Waals surface area contributed by atoms with E-state index in [-0.39, 0.29) is 30.2 Å². The number of benzene rings is 1. The molecule has 2 aromatic rings. The standard InChI is InChI=1S/C12H9F2NO4/c13-9-3-1-2-7(11(9)14)5-18-6-8-4-10(12(16)17)15-19-8/h1-4H,5-6H2,(H,16,17). The number of carbonyl (C=O) groups is 1. The lowest BCUT2D eigenvalue weighted by Crippen LogP contribution is -1.98. The fourth-order valence-corrected chi connectivity index (χ4v) is 1.40. The summed E-state index contributed by atoms with van der Waals surface area (Å²) in [6.45, 7) is -0.247. The van der Waals surface area contributed by atoms with Crippen molar-refractivity contribution < 1.29 is 27.9 Å². The van der Waals surface area contributed by atoms with Crippen LogP contribution in [0, 0.1) is 11.6 Å². The number of hydrogen-bond acceptors (Lipinski definition) is 4. The van der Waals surface area contributed by atoms with Crippen molar-refractivity contribution in [2.24, 2.45) is 0 Å². The van der Waals surface area contributed by atoms with Crippen molar-refractivity contribution in [3.8, 4) is 0 Å². The second-order valence-electron chi connectivity index (χ2n) is 3.69. The summed E-state index contributed by atoms with van der Waals surface area (Å²) in [4.78, 5) is 10.5. The first-order chi connectivity index (χ1) is 9.08. The average Bonchev–Trinajstić information content (AvgIpc) is 2.83. The topological polar surface area (TPSA) is 72.6 Å². The first-order valence-electron chi connectivity index (χ1n) is 5.27. The normalized spacial score (nSPS) is 10.6. The number of halogens is 2. The van der Waals surface area contributed by atoms with E-state index in [0.29, 0.717) is 0 Å². The first-order valence-corrected chi connectivity index (χ1v) is 5.27. The third-order valence-corrected chi connectivity index (χ3v) is 2.31. The van der Waals surface area contributed by atoms with Gasteiger partial charge in [0, 0.05) is 11.6 Å². The lowest BCUT2D eigenvalue weighted by molar-refractivity contribution is 0.0683. The van der Waals surface area contributed by atoms with Crippen LogP contribution in [0.25, 0.3) is 0 Å². The van der Waals surface area contributed by atoms with Crippen LogP contribution in [0.4, 0.5) is 8.78 Å². The summed E-state index contributed by atoms with van der Waals surface area (Å²) < 4.78 is 36.0. The van der Waals surface area contributed by atoms with E-state index in [1.54, 1.807) is 0 Å². The molecule has 0 aliphatic heterocycles. The molecule has 0 spiro atoms. The van der Waals surface area contributed by atoms with Crippen LogP contribution in [0.5, 0.6) is 0 Å². The fourth-order valence-electron chi connectivity index (χ4n) is 1.40. The quantitative estimate of drug-likeness (QED) is 0.902. The third-order valence-electron chi connectivity index (χ3n) is 2.31. The van der Waals surface area contributed by atoms with Gasteiger partial charge in [0.15, 0.2) is 23.1 Å². The van der Waals surface area contributed by atoms with E-state index in [1.165, 1.54) is 18.2 Å². The average molecular weight is 269 g/mol.